The van der Waals surface area contributed by atoms with E-state index >= 15 is 0 Å². The number of rotatable bonds is 3. The number of nitrogens with zero attached hydrogens (tertiary/aromatic N) is 1. The van der Waals surface area contributed by atoms with Crippen LogP contribution in [0.15, 0.2) is 22.5 Å². The highest BCUT2D eigenvalue weighted by molar-refractivity contribution is 7.09. The molecular formula is C11H16N2S. The number of aliphatic imine (C=N–C) groups is 1. The minimum atomic E-state index is 1.01. The molecule has 0 spiro atoms. The minimum Gasteiger partial charge on any atom is -0.374 e. The summed E-state index contributed by atoms with van der Waals surface area (Å²) in [6, 6.07) is 4.31. The monoisotopic (exact) mass is 208 g/mol. The van der Waals surface area contributed by atoms with Crippen molar-refractivity contribution in [1.82, 2.24) is 5.32 Å². The van der Waals surface area contributed by atoms with Gasteiger partial charge in [0.2, 0.25) is 0 Å². The Hall–Kier alpha value is -0.830. The predicted octanol–water partition coefficient (Wildman–Crippen LogP) is 2.46. The van der Waals surface area contributed by atoms with Gasteiger partial charge in [-0.15, -0.1) is 11.3 Å². The van der Waals surface area contributed by atoms with Gasteiger partial charge in [-0.3, -0.25) is 4.99 Å². The molecule has 1 N–H and O–H groups in total. The van der Waals surface area contributed by atoms with Crippen LogP contribution in [0.4, 0.5) is 0 Å². The van der Waals surface area contributed by atoms with Crippen LogP contribution in [0.1, 0.15) is 24.1 Å². The van der Waals surface area contributed by atoms with Crippen LogP contribution in [0.2, 0.25) is 0 Å². The number of thiophene rings is 1. The lowest BCUT2D eigenvalue weighted by Gasteiger charge is -2.05. The summed E-state index contributed by atoms with van der Waals surface area (Å²) in [5, 5.41) is 5.54. The van der Waals surface area contributed by atoms with E-state index in [0.717, 1.165) is 25.9 Å². The van der Waals surface area contributed by atoms with Crippen molar-refractivity contribution in [2.24, 2.45) is 4.99 Å². The molecule has 0 bridgehead atoms. The van der Waals surface area contributed by atoms with E-state index < -0.39 is 0 Å². The Morgan fingerprint density at radius 3 is 3.21 bits per heavy atom. The lowest BCUT2D eigenvalue weighted by molar-refractivity contribution is 0.747. The van der Waals surface area contributed by atoms with E-state index in [1.54, 1.807) is 0 Å². The maximum atomic E-state index is 4.53. The number of hydrogen-bond acceptors (Lipinski definition) is 3. The van der Waals surface area contributed by atoms with Crippen molar-refractivity contribution in [3.8, 4) is 0 Å². The fourth-order valence-corrected chi connectivity index (χ4v) is 2.31. The SMILES string of the molecule is c1csc(CCC2=NCCCCN2)c1. The Morgan fingerprint density at radius 1 is 1.36 bits per heavy atom. The molecular weight excluding hydrogens is 192 g/mol. The van der Waals surface area contributed by atoms with Crippen LogP contribution < -0.4 is 5.32 Å². The molecule has 76 valence electrons. The van der Waals surface area contributed by atoms with Crippen LogP contribution in [0.5, 0.6) is 0 Å². The minimum absolute atomic E-state index is 1.01. The zero-order valence-electron chi connectivity index (χ0n) is 8.33. The van der Waals surface area contributed by atoms with Crippen LogP contribution in [-0.4, -0.2) is 18.9 Å². The molecule has 0 aliphatic carbocycles. The summed E-state index contributed by atoms with van der Waals surface area (Å²) in [6.07, 6.45) is 4.69. The first-order chi connectivity index (χ1) is 6.95. The summed E-state index contributed by atoms with van der Waals surface area (Å²) in [5.74, 6) is 1.20. The van der Waals surface area contributed by atoms with E-state index in [1.807, 2.05) is 11.3 Å². The fourth-order valence-electron chi connectivity index (χ4n) is 1.60. The fraction of sp³-hybridized carbons (Fsp3) is 0.545. The van der Waals surface area contributed by atoms with Gasteiger partial charge >= 0.3 is 0 Å². The van der Waals surface area contributed by atoms with Gasteiger partial charge in [-0.1, -0.05) is 6.07 Å². The zero-order valence-corrected chi connectivity index (χ0v) is 9.15. The van der Waals surface area contributed by atoms with E-state index in [4.69, 9.17) is 0 Å². The second-order valence-electron chi connectivity index (χ2n) is 3.54. The molecule has 2 nitrogen and oxygen atoms in total. The number of amidine groups is 1. The van der Waals surface area contributed by atoms with E-state index in [-0.39, 0.29) is 0 Å². The molecule has 0 unspecified atom stereocenters. The van der Waals surface area contributed by atoms with Crippen LogP contribution >= 0.6 is 11.3 Å². The molecule has 1 aliphatic heterocycles. The number of aryl methyl sites for hydroxylation is 1. The second kappa shape index (κ2) is 5.15. The molecule has 1 aromatic rings. The van der Waals surface area contributed by atoms with Crippen molar-refractivity contribution < 1.29 is 0 Å². The van der Waals surface area contributed by atoms with Gasteiger partial charge in [0.1, 0.15) is 0 Å². The summed E-state index contributed by atoms with van der Waals surface area (Å²) >= 11 is 1.83. The maximum Gasteiger partial charge on any atom is 0.0966 e. The first kappa shape index (κ1) is 9.71. The first-order valence-electron chi connectivity index (χ1n) is 5.25. The van der Waals surface area contributed by atoms with Crippen LogP contribution in [-0.2, 0) is 6.42 Å². The van der Waals surface area contributed by atoms with E-state index in [1.165, 1.54) is 23.6 Å². The van der Waals surface area contributed by atoms with E-state index in [0.29, 0.717) is 0 Å². The van der Waals surface area contributed by atoms with Gasteiger partial charge in [0.15, 0.2) is 0 Å². The van der Waals surface area contributed by atoms with E-state index in [9.17, 15) is 0 Å². The molecule has 0 aromatic carbocycles. The third kappa shape index (κ3) is 2.84. The van der Waals surface area contributed by atoms with Gasteiger partial charge in [0.05, 0.1) is 5.84 Å². The van der Waals surface area contributed by atoms with Gasteiger partial charge in [0.25, 0.3) is 0 Å². The van der Waals surface area contributed by atoms with Crippen molar-refractivity contribution in [3.05, 3.63) is 22.4 Å². The Bertz CT molecular complexity index is 290. The Kier molecular flexibility index (Phi) is 3.57. The molecule has 14 heavy (non-hydrogen) atoms. The van der Waals surface area contributed by atoms with Crippen molar-refractivity contribution in [2.75, 3.05) is 13.1 Å². The molecule has 1 aromatic heterocycles. The maximum absolute atomic E-state index is 4.53. The Balaban J connectivity index is 1.82. The van der Waals surface area contributed by atoms with Crippen LogP contribution in [0.3, 0.4) is 0 Å². The molecule has 0 amide bonds. The van der Waals surface area contributed by atoms with Gasteiger partial charge < -0.3 is 5.32 Å². The highest BCUT2D eigenvalue weighted by Gasteiger charge is 2.03. The smallest absolute Gasteiger partial charge is 0.0966 e. The molecule has 2 rings (SSSR count). The largest absolute Gasteiger partial charge is 0.374 e. The molecule has 1 aliphatic rings. The van der Waals surface area contributed by atoms with Gasteiger partial charge in [-0.2, -0.15) is 0 Å². The average Bonchev–Trinajstić information content (AvgIpc) is 2.58. The predicted molar refractivity (Wildman–Crippen MR) is 62.2 cm³/mol. The van der Waals surface area contributed by atoms with Crippen molar-refractivity contribution in [2.45, 2.75) is 25.7 Å². The third-order valence-corrected chi connectivity index (χ3v) is 3.34. The van der Waals surface area contributed by atoms with Gasteiger partial charge in [-0.05, 0) is 30.7 Å². The highest BCUT2D eigenvalue weighted by Crippen LogP contribution is 2.11. The molecule has 0 radical (unpaired) electrons. The van der Waals surface area contributed by atoms with E-state index in [2.05, 4.69) is 27.8 Å². The summed E-state index contributed by atoms with van der Waals surface area (Å²) in [6.45, 7) is 2.11. The topological polar surface area (TPSA) is 24.4 Å². The lowest BCUT2D eigenvalue weighted by atomic mass is 10.2. The van der Waals surface area contributed by atoms with Crippen molar-refractivity contribution in [3.63, 3.8) is 0 Å². The first-order valence-corrected chi connectivity index (χ1v) is 6.13. The summed E-state index contributed by atoms with van der Waals surface area (Å²) in [7, 11) is 0. The lowest BCUT2D eigenvalue weighted by Crippen LogP contribution is -2.23. The van der Waals surface area contributed by atoms with Gasteiger partial charge in [-0.25, -0.2) is 0 Å². The zero-order chi connectivity index (χ0) is 9.64. The van der Waals surface area contributed by atoms with Crippen LogP contribution in [0, 0.1) is 0 Å². The summed E-state index contributed by atoms with van der Waals surface area (Å²) < 4.78 is 0. The molecule has 0 atom stereocenters. The highest BCUT2D eigenvalue weighted by atomic mass is 32.1. The average molecular weight is 208 g/mol. The molecule has 0 saturated heterocycles. The normalized spacial score (nSPS) is 17.0. The summed E-state index contributed by atoms with van der Waals surface area (Å²) in [4.78, 5) is 5.99. The van der Waals surface area contributed by atoms with Crippen molar-refractivity contribution in [1.29, 1.82) is 0 Å². The third-order valence-electron chi connectivity index (χ3n) is 2.40. The second-order valence-corrected chi connectivity index (χ2v) is 4.57. The van der Waals surface area contributed by atoms with Crippen LogP contribution in [0.25, 0.3) is 0 Å². The summed E-state index contributed by atoms with van der Waals surface area (Å²) in [5.41, 5.74) is 0. The Morgan fingerprint density at radius 2 is 2.36 bits per heavy atom. The Labute approximate surface area is 89.1 Å². The number of nitrogens with one attached hydrogen (secondary N) is 1. The molecule has 0 saturated carbocycles. The number of hydrogen-bond donors (Lipinski definition) is 1. The molecule has 2 heterocycles. The van der Waals surface area contributed by atoms with Gasteiger partial charge in [0, 0.05) is 24.4 Å². The molecule has 0 fully saturated rings. The quantitative estimate of drug-likeness (QED) is 0.810. The van der Waals surface area contributed by atoms with Crippen molar-refractivity contribution >= 4 is 17.2 Å². The molecule has 3 heteroatoms. The standard InChI is InChI=1S/C11H16N2S/c1-2-8-13-11(12-7-1)6-5-10-4-3-9-14-10/h3-4,9H,1-2,5-8H2,(H,12,13).